The van der Waals surface area contributed by atoms with Crippen LogP contribution in [0.5, 0.6) is 0 Å². The van der Waals surface area contributed by atoms with Gasteiger partial charge in [0.1, 0.15) is 12.0 Å². The van der Waals surface area contributed by atoms with Crippen molar-refractivity contribution in [1.82, 2.24) is 0 Å². The molecule has 0 radical (unpaired) electrons. The van der Waals surface area contributed by atoms with E-state index < -0.39 is 39.5 Å². The zero-order valence-electron chi connectivity index (χ0n) is 11.6. The molecule has 1 saturated carbocycles. The number of hydrogen-bond donors (Lipinski definition) is 1. The van der Waals surface area contributed by atoms with Gasteiger partial charge in [0.25, 0.3) is 10.1 Å². The topological polar surface area (TPSA) is 108 Å². The number of rotatable bonds is 9. The van der Waals surface area contributed by atoms with Crippen LogP contribution < -0.4 is 0 Å². The zero-order valence-corrected chi connectivity index (χ0v) is 13.2. The Balaban J connectivity index is 2.38. The highest BCUT2D eigenvalue weighted by Crippen LogP contribution is 2.33. The van der Waals surface area contributed by atoms with Crippen LogP contribution in [0.15, 0.2) is 0 Å². The fourth-order valence-electron chi connectivity index (χ4n) is 2.16. The Kier molecular flexibility index (Phi) is 7.41. The number of carbonyl (C=O) groups is 1. The van der Waals surface area contributed by atoms with E-state index in [2.05, 4.69) is 14.1 Å². The van der Waals surface area contributed by atoms with Crippen LogP contribution in [0.2, 0.25) is 0 Å². The summed E-state index contributed by atoms with van der Waals surface area (Å²) in [6, 6.07) is 0. The van der Waals surface area contributed by atoms with Crippen LogP contribution in [0, 0.1) is 5.92 Å². The van der Waals surface area contributed by atoms with Crippen LogP contribution in [0.3, 0.4) is 0 Å². The van der Waals surface area contributed by atoms with Gasteiger partial charge in [-0.3, -0.25) is 4.18 Å². The summed E-state index contributed by atoms with van der Waals surface area (Å²) < 4.78 is 61.1. The molecule has 0 spiro atoms. The second-order valence-electron chi connectivity index (χ2n) is 4.70. The Hall–Kier alpha value is -0.530. The first kappa shape index (κ1) is 19.5. The Morgan fingerprint density at radius 1 is 1.41 bits per heavy atom. The molecule has 0 aromatic carbocycles. The summed E-state index contributed by atoms with van der Waals surface area (Å²) in [6.07, 6.45) is 2.54. The third-order valence-corrected chi connectivity index (χ3v) is 4.12. The fraction of sp³-hybridized carbons (Fsp3) is 0.900. The molecular formula is C10H16F2O8S2. The zero-order chi connectivity index (χ0) is 16.8. The molecule has 8 nitrogen and oxygen atoms in total. The number of ether oxygens (including phenoxy) is 1. The summed E-state index contributed by atoms with van der Waals surface area (Å²) >= 11 is -0.706. The van der Waals surface area contributed by atoms with Gasteiger partial charge in [-0.2, -0.15) is 17.2 Å². The average molecular weight is 366 g/mol. The van der Waals surface area contributed by atoms with Gasteiger partial charge in [-0.1, -0.05) is 11.5 Å². The summed E-state index contributed by atoms with van der Waals surface area (Å²) in [5.74, 6) is -2.05. The van der Waals surface area contributed by atoms with Crippen molar-refractivity contribution in [2.24, 2.45) is 5.92 Å². The Morgan fingerprint density at radius 2 is 2.09 bits per heavy atom. The van der Waals surface area contributed by atoms with Gasteiger partial charge in [-0.15, -0.1) is 4.33 Å². The van der Waals surface area contributed by atoms with Crippen molar-refractivity contribution in [3.63, 3.8) is 0 Å². The lowest BCUT2D eigenvalue weighted by molar-refractivity contribution is -0.433. The first-order valence-electron chi connectivity index (χ1n) is 6.25. The van der Waals surface area contributed by atoms with Crippen molar-refractivity contribution in [3.05, 3.63) is 0 Å². The molecule has 130 valence electrons. The lowest BCUT2D eigenvalue weighted by Gasteiger charge is -2.19. The minimum absolute atomic E-state index is 0.194. The molecule has 2 atom stereocenters. The fourth-order valence-corrected chi connectivity index (χ4v) is 3.11. The molecule has 1 aliphatic carbocycles. The second-order valence-corrected chi connectivity index (χ2v) is 7.11. The molecule has 1 aliphatic rings. The average Bonchev–Trinajstić information content (AvgIpc) is 2.81. The van der Waals surface area contributed by atoms with E-state index in [1.54, 1.807) is 0 Å². The summed E-state index contributed by atoms with van der Waals surface area (Å²) in [6.45, 7) is -0.316. The number of halogens is 2. The summed E-state index contributed by atoms with van der Waals surface area (Å²) in [7, 11) is -3.60. The standard InChI is InChI=1S/C10H16F2O8S2/c1-22(15,16)18-8-4-2-3-7(8)5-6-17-9(13)10(11,12)21-20-19-14/h7-8,14H,2-6H2,1H3. The predicted molar refractivity (Wildman–Crippen MR) is 70.0 cm³/mol. The lowest BCUT2D eigenvalue weighted by atomic mass is 10.0. The van der Waals surface area contributed by atoms with Crippen molar-refractivity contribution >= 4 is 28.1 Å². The van der Waals surface area contributed by atoms with Gasteiger partial charge < -0.3 is 4.74 Å². The van der Waals surface area contributed by atoms with Gasteiger partial charge in [0.05, 0.1) is 19.0 Å². The molecule has 0 aliphatic heterocycles. The van der Waals surface area contributed by atoms with Crippen molar-refractivity contribution in [1.29, 1.82) is 0 Å². The number of esters is 1. The van der Waals surface area contributed by atoms with Crippen LogP contribution >= 0.6 is 12.0 Å². The van der Waals surface area contributed by atoms with Crippen LogP contribution in [0.25, 0.3) is 0 Å². The van der Waals surface area contributed by atoms with Gasteiger partial charge in [-0.05, 0) is 25.2 Å². The quantitative estimate of drug-likeness (QED) is 0.214. The predicted octanol–water partition coefficient (Wildman–Crippen LogP) is 1.73. The Bertz CT molecular complexity index is 470. The van der Waals surface area contributed by atoms with E-state index in [4.69, 9.17) is 9.44 Å². The third kappa shape index (κ3) is 6.71. The van der Waals surface area contributed by atoms with Crippen molar-refractivity contribution < 1.29 is 45.5 Å². The number of hydrogen-bond acceptors (Lipinski definition) is 9. The summed E-state index contributed by atoms with van der Waals surface area (Å²) in [4.78, 5) is 11.1. The van der Waals surface area contributed by atoms with Crippen molar-refractivity contribution in [2.75, 3.05) is 12.9 Å². The maximum absolute atomic E-state index is 13.1. The van der Waals surface area contributed by atoms with Gasteiger partial charge >= 0.3 is 11.2 Å². The van der Waals surface area contributed by atoms with Gasteiger partial charge in [0.15, 0.2) is 0 Å². The van der Waals surface area contributed by atoms with Crippen molar-refractivity contribution in [2.45, 2.75) is 37.0 Å². The van der Waals surface area contributed by atoms with Crippen LogP contribution in [-0.4, -0.2) is 43.9 Å². The molecule has 0 aromatic heterocycles. The Morgan fingerprint density at radius 3 is 2.68 bits per heavy atom. The SMILES string of the molecule is CS(=O)(=O)OC1CCCC1CCOC(=O)C(F)(F)SOOO. The van der Waals surface area contributed by atoms with Crippen LogP contribution in [0.4, 0.5) is 8.78 Å². The smallest absolute Gasteiger partial charge is 0.415 e. The van der Waals surface area contributed by atoms with E-state index in [1.165, 1.54) is 0 Å². The molecule has 1 N–H and O–H groups in total. The maximum Gasteiger partial charge on any atom is 0.415 e. The van der Waals surface area contributed by atoms with Crippen molar-refractivity contribution in [3.8, 4) is 0 Å². The summed E-state index contributed by atoms with van der Waals surface area (Å²) in [5.41, 5.74) is 0. The number of carbonyl (C=O) groups excluding carboxylic acids is 1. The molecule has 12 heteroatoms. The molecule has 1 fully saturated rings. The highest BCUT2D eigenvalue weighted by Gasteiger charge is 2.44. The monoisotopic (exact) mass is 366 g/mol. The molecule has 0 saturated heterocycles. The van der Waals surface area contributed by atoms with E-state index in [0.29, 0.717) is 12.8 Å². The molecule has 1 rings (SSSR count). The molecule has 0 amide bonds. The van der Waals surface area contributed by atoms with E-state index in [1.807, 2.05) is 0 Å². The number of alkyl halides is 2. The van der Waals surface area contributed by atoms with Gasteiger partial charge in [-0.25, -0.2) is 10.1 Å². The van der Waals surface area contributed by atoms with E-state index in [-0.39, 0.29) is 18.9 Å². The first-order chi connectivity index (χ1) is 10.2. The second kappa shape index (κ2) is 8.36. The highest BCUT2D eigenvalue weighted by molar-refractivity contribution is 7.96. The molecule has 22 heavy (non-hydrogen) atoms. The van der Waals surface area contributed by atoms with E-state index in [0.717, 1.165) is 12.7 Å². The largest absolute Gasteiger partial charge is 0.460 e. The van der Waals surface area contributed by atoms with E-state index >= 15 is 0 Å². The molecule has 2 unspecified atom stereocenters. The minimum Gasteiger partial charge on any atom is -0.460 e. The summed E-state index contributed by atoms with van der Waals surface area (Å²) in [5, 5.41) is 6.70. The maximum atomic E-state index is 13.1. The minimum atomic E-state index is -4.04. The van der Waals surface area contributed by atoms with Gasteiger partial charge in [0, 0.05) is 0 Å². The normalized spacial score (nSPS) is 22.7. The molecule has 0 heterocycles. The molecule has 0 bridgehead atoms. The first-order valence-corrected chi connectivity index (χ1v) is 8.81. The lowest BCUT2D eigenvalue weighted by Crippen LogP contribution is -2.29. The van der Waals surface area contributed by atoms with Crippen LogP contribution in [0.1, 0.15) is 25.7 Å². The third-order valence-electron chi connectivity index (χ3n) is 3.02. The Labute approximate surface area is 130 Å². The van der Waals surface area contributed by atoms with Gasteiger partial charge in [0.2, 0.25) is 0 Å². The highest BCUT2D eigenvalue weighted by atomic mass is 32.2. The molecular weight excluding hydrogens is 350 g/mol. The van der Waals surface area contributed by atoms with E-state index in [9.17, 15) is 22.0 Å². The molecule has 0 aromatic rings. The van der Waals surface area contributed by atoms with Crippen LogP contribution in [-0.2, 0) is 33.2 Å².